The van der Waals surface area contributed by atoms with E-state index in [0.29, 0.717) is 17.5 Å². The standard InChI is InChI=1S/C12H12N6S/c13-3-8-4-14-18(5-8)10-6-17(7-10)12-15-11(16-19-12)9-1-2-9/h4-5,9-10H,1-2,6-7H2. The van der Waals surface area contributed by atoms with Crippen LogP contribution in [0.1, 0.15) is 36.2 Å². The summed E-state index contributed by atoms with van der Waals surface area (Å²) in [6, 6.07) is 2.44. The number of hydrogen-bond acceptors (Lipinski definition) is 6. The van der Waals surface area contributed by atoms with E-state index in [0.717, 1.165) is 24.0 Å². The van der Waals surface area contributed by atoms with Crippen LogP contribution >= 0.6 is 11.5 Å². The molecule has 0 amide bonds. The maximum Gasteiger partial charge on any atom is 0.205 e. The highest BCUT2D eigenvalue weighted by molar-refractivity contribution is 7.09. The Labute approximate surface area is 114 Å². The third kappa shape index (κ3) is 1.88. The van der Waals surface area contributed by atoms with Crippen molar-refractivity contribution in [3.05, 3.63) is 23.8 Å². The molecular formula is C12H12N6S. The van der Waals surface area contributed by atoms with E-state index < -0.39 is 0 Å². The van der Waals surface area contributed by atoms with Gasteiger partial charge >= 0.3 is 0 Å². The van der Waals surface area contributed by atoms with Gasteiger partial charge in [0.25, 0.3) is 0 Å². The van der Waals surface area contributed by atoms with E-state index in [9.17, 15) is 0 Å². The van der Waals surface area contributed by atoms with Crippen LogP contribution in [0.4, 0.5) is 5.13 Å². The van der Waals surface area contributed by atoms with Gasteiger partial charge < -0.3 is 4.90 Å². The molecule has 6 nitrogen and oxygen atoms in total. The molecule has 0 radical (unpaired) electrons. The zero-order valence-electron chi connectivity index (χ0n) is 10.2. The monoisotopic (exact) mass is 272 g/mol. The summed E-state index contributed by atoms with van der Waals surface area (Å²) in [6.07, 6.45) is 5.89. The van der Waals surface area contributed by atoms with E-state index >= 15 is 0 Å². The Kier molecular flexibility index (Phi) is 2.32. The lowest BCUT2D eigenvalue weighted by molar-refractivity contribution is 0.367. The van der Waals surface area contributed by atoms with Crippen molar-refractivity contribution in [2.45, 2.75) is 24.8 Å². The highest BCUT2D eigenvalue weighted by Crippen LogP contribution is 2.40. The second kappa shape index (κ2) is 4.03. The van der Waals surface area contributed by atoms with Crippen LogP contribution in [0.25, 0.3) is 0 Å². The zero-order chi connectivity index (χ0) is 12.8. The van der Waals surface area contributed by atoms with E-state index in [4.69, 9.17) is 5.26 Å². The molecule has 7 heteroatoms. The fourth-order valence-corrected chi connectivity index (χ4v) is 3.00. The molecule has 2 fully saturated rings. The van der Waals surface area contributed by atoms with Crippen molar-refractivity contribution in [3.8, 4) is 6.07 Å². The van der Waals surface area contributed by atoms with Crippen molar-refractivity contribution in [1.82, 2.24) is 19.1 Å². The minimum absolute atomic E-state index is 0.343. The van der Waals surface area contributed by atoms with Crippen LogP contribution in [-0.2, 0) is 0 Å². The lowest BCUT2D eigenvalue weighted by atomic mass is 10.1. The SMILES string of the molecule is N#Cc1cnn(C2CN(c3nc(C4CC4)ns3)C2)c1. The first kappa shape index (κ1) is 10.9. The van der Waals surface area contributed by atoms with E-state index in [2.05, 4.69) is 25.4 Å². The molecule has 1 aliphatic heterocycles. The summed E-state index contributed by atoms with van der Waals surface area (Å²) in [5, 5.41) is 14.0. The summed E-state index contributed by atoms with van der Waals surface area (Å²) in [5.74, 6) is 1.64. The topological polar surface area (TPSA) is 70.6 Å². The number of nitrogens with zero attached hydrogens (tertiary/aromatic N) is 6. The van der Waals surface area contributed by atoms with Crippen LogP contribution in [0.5, 0.6) is 0 Å². The van der Waals surface area contributed by atoms with Crippen LogP contribution in [-0.4, -0.2) is 32.2 Å². The molecule has 2 aliphatic rings. The van der Waals surface area contributed by atoms with E-state index in [1.165, 1.54) is 24.4 Å². The third-order valence-electron chi connectivity index (χ3n) is 3.61. The Bertz CT molecular complexity index is 643. The molecule has 0 bridgehead atoms. The molecule has 4 rings (SSSR count). The largest absolute Gasteiger partial charge is 0.342 e. The molecule has 0 spiro atoms. The van der Waals surface area contributed by atoms with Crippen LogP contribution < -0.4 is 4.90 Å². The van der Waals surface area contributed by atoms with Crippen molar-refractivity contribution in [3.63, 3.8) is 0 Å². The quantitative estimate of drug-likeness (QED) is 0.847. The maximum atomic E-state index is 8.78. The molecule has 2 aromatic rings. The minimum Gasteiger partial charge on any atom is -0.342 e. The molecule has 0 unspecified atom stereocenters. The molecule has 2 aromatic heterocycles. The Morgan fingerprint density at radius 1 is 1.37 bits per heavy atom. The molecular weight excluding hydrogens is 260 g/mol. The molecule has 0 N–H and O–H groups in total. The lowest BCUT2D eigenvalue weighted by Gasteiger charge is -2.38. The summed E-state index contributed by atoms with van der Waals surface area (Å²) in [4.78, 5) is 6.82. The van der Waals surface area contributed by atoms with Crippen molar-refractivity contribution in [2.75, 3.05) is 18.0 Å². The fraction of sp³-hybridized carbons (Fsp3) is 0.500. The number of aromatic nitrogens is 4. The molecule has 3 heterocycles. The second-order valence-electron chi connectivity index (χ2n) is 5.09. The predicted octanol–water partition coefficient (Wildman–Crippen LogP) is 1.54. The van der Waals surface area contributed by atoms with Gasteiger partial charge in [0, 0.05) is 36.7 Å². The number of rotatable bonds is 3. The van der Waals surface area contributed by atoms with Gasteiger partial charge in [-0.15, -0.1) is 0 Å². The zero-order valence-corrected chi connectivity index (χ0v) is 11.0. The van der Waals surface area contributed by atoms with Crippen LogP contribution in [0, 0.1) is 11.3 Å². The van der Waals surface area contributed by atoms with Gasteiger partial charge in [-0.1, -0.05) is 0 Å². The fourth-order valence-electron chi connectivity index (χ4n) is 2.24. The lowest BCUT2D eigenvalue weighted by Crippen LogP contribution is -2.48. The average molecular weight is 272 g/mol. The van der Waals surface area contributed by atoms with Crippen LogP contribution in [0.3, 0.4) is 0 Å². The Morgan fingerprint density at radius 2 is 2.21 bits per heavy atom. The second-order valence-corrected chi connectivity index (χ2v) is 5.82. The van der Waals surface area contributed by atoms with E-state index in [1.54, 1.807) is 12.4 Å². The van der Waals surface area contributed by atoms with Gasteiger partial charge in [-0.2, -0.15) is 14.7 Å². The predicted molar refractivity (Wildman–Crippen MR) is 70.1 cm³/mol. The Balaban J connectivity index is 1.42. The Hall–Kier alpha value is -1.94. The highest BCUT2D eigenvalue weighted by atomic mass is 32.1. The third-order valence-corrected chi connectivity index (χ3v) is 4.40. The summed E-state index contributed by atoms with van der Waals surface area (Å²) in [7, 11) is 0. The molecule has 0 aromatic carbocycles. The number of anilines is 1. The van der Waals surface area contributed by atoms with Gasteiger partial charge in [0.2, 0.25) is 5.13 Å². The van der Waals surface area contributed by atoms with Gasteiger partial charge in [-0.3, -0.25) is 4.68 Å². The normalized spacial score (nSPS) is 19.2. The first-order valence-corrected chi connectivity index (χ1v) is 7.13. The van der Waals surface area contributed by atoms with Gasteiger partial charge in [0.1, 0.15) is 11.9 Å². The van der Waals surface area contributed by atoms with Gasteiger partial charge in [-0.25, -0.2) is 4.98 Å². The minimum atomic E-state index is 0.343. The first-order chi connectivity index (χ1) is 9.33. The van der Waals surface area contributed by atoms with Gasteiger partial charge in [0.15, 0.2) is 0 Å². The van der Waals surface area contributed by atoms with Crippen molar-refractivity contribution in [1.29, 1.82) is 5.26 Å². The molecule has 19 heavy (non-hydrogen) atoms. The molecule has 1 saturated carbocycles. The van der Waals surface area contributed by atoms with E-state index in [1.807, 2.05) is 4.68 Å². The molecule has 1 saturated heterocycles. The Morgan fingerprint density at radius 3 is 2.89 bits per heavy atom. The molecule has 1 aliphatic carbocycles. The summed E-state index contributed by atoms with van der Waals surface area (Å²) >= 11 is 1.49. The van der Waals surface area contributed by atoms with Crippen molar-refractivity contribution < 1.29 is 0 Å². The first-order valence-electron chi connectivity index (χ1n) is 6.36. The average Bonchev–Trinajstić information content (AvgIpc) is 2.93. The molecule has 0 atom stereocenters. The highest BCUT2D eigenvalue weighted by Gasteiger charge is 2.33. The van der Waals surface area contributed by atoms with Crippen molar-refractivity contribution in [2.24, 2.45) is 0 Å². The number of nitriles is 1. The van der Waals surface area contributed by atoms with Gasteiger partial charge in [-0.05, 0) is 12.8 Å². The van der Waals surface area contributed by atoms with Crippen LogP contribution in [0.15, 0.2) is 12.4 Å². The molecule has 96 valence electrons. The smallest absolute Gasteiger partial charge is 0.205 e. The van der Waals surface area contributed by atoms with Crippen LogP contribution in [0.2, 0.25) is 0 Å². The summed E-state index contributed by atoms with van der Waals surface area (Å²) in [5.41, 5.74) is 0.616. The maximum absolute atomic E-state index is 8.78. The summed E-state index contributed by atoms with van der Waals surface area (Å²) in [6.45, 7) is 1.79. The summed E-state index contributed by atoms with van der Waals surface area (Å²) < 4.78 is 6.29. The number of hydrogen-bond donors (Lipinski definition) is 0. The van der Waals surface area contributed by atoms with Gasteiger partial charge in [0.05, 0.1) is 17.8 Å². The van der Waals surface area contributed by atoms with Crippen molar-refractivity contribution >= 4 is 16.7 Å². The van der Waals surface area contributed by atoms with E-state index in [-0.39, 0.29) is 0 Å².